The van der Waals surface area contributed by atoms with Crippen molar-refractivity contribution in [1.82, 2.24) is 15.3 Å². The van der Waals surface area contributed by atoms with Gasteiger partial charge in [-0.1, -0.05) is 20.8 Å². The van der Waals surface area contributed by atoms with Crippen molar-refractivity contribution < 1.29 is 9.42 Å². The van der Waals surface area contributed by atoms with Crippen LogP contribution in [0.25, 0.3) is 0 Å². The third kappa shape index (κ3) is 2.48. The molecule has 3 N–H and O–H groups in total. The molecule has 0 fully saturated rings. The Kier molecular flexibility index (Phi) is 3.04. The van der Waals surface area contributed by atoms with Crippen molar-refractivity contribution in [2.24, 2.45) is 0 Å². The minimum absolute atomic E-state index is 0.0393. The van der Waals surface area contributed by atoms with E-state index in [0.29, 0.717) is 5.13 Å². The largest absolute Gasteiger partial charge is 0.379 e. The molecule has 2 rings (SSSR count). The summed E-state index contributed by atoms with van der Waals surface area (Å²) in [6.45, 7) is 6.15. The molecule has 0 saturated carbocycles. The van der Waals surface area contributed by atoms with Crippen LogP contribution in [0, 0.1) is 0 Å². The van der Waals surface area contributed by atoms with Gasteiger partial charge >= 0.3 is 0 Å². The van der Waals surface area contributed by atoms with E-state index in [1.807, 2.05) is 26.2 Å². The number of nitrogens with zero attached hydrogens (tertiary/aromatic N) is 3. The van der Waals surface area contributed by atoms with Gasteiger partial charge in [-0.05, 0) is 10.3 Å². The van der Waals surface area contributed by atoms with Crippen LogP contribution in [0.5, 0.6) is 0 Å². The average Bonchev–Trinajstić information content (AvgIpc) is 2.85. The smallest absolute Gasteiger partial charge is 0.283 e. The summed E-state index contributed by atoms with van der Waals surface area (Å²) in [5, 5.41) is 11.8. The molecule has 96 valence electrons. The molecular formula is C10H13N5O2S. The molecule has 0 unspecified atom stereocenters. The SMILES string of the molecule is CC(C)(C)c1csc(NC(=O)c2nonc2N)n1. The number of nitrogens with two attached hydrogens (primary N) is 1. The molecule has 0 bridgehead atoms. The number of aromatic nitrogens is 3. The summed E-state index contributed by atoms with van der Waals surface area (Å²) in [7, 11) is 0. The number of hydrogen-bond acceptors (Lipinski definition) is 7. The summed E-state index contributed by atoms with van der Waals surface area (Å²) < 4.78 is 4.36. The highest BCUT2D eigenvalue weighted by Gasteiger charge is 2.20. The van der Waals surface area contributed by atoms with E-state index in [0.717, 1.165) is 5.69 Å². The van der Waals surface area contributed by atoms with Crippen molar-refractivity contribution in [2.75, 3.05) is 11.1 Å². The fraction of sp³-hybridized carbons (Fsp3) is 0.400. The summed E-state index contributed by atoms with van der Waals surface area (Å²) in [5.41, 5.74) is 6.23. The van der Waals surface area contributed by atoms with Crippen LogP contribution in [0.15, 0.2) is 10.0 Å². The first-order chi connectivity index (χ1) is 8.38. The molecule has 0 spiro atoms. The standard InChI is InChI=1S/C10H13N5O2S/c1-10(2,3)5-4-18-9(12-5)13-8(16)6-7(11)15-17-14-6/h4H,1-3H3,(H2,11,15)(H,12,13,16). The van der Waals surface area contributed by atoms with Gasteiger partial charge in [0.05, 0.1) is 5.69 Å². The van der Waals surface area contributed by atoms with Crippen LogP contribution in [0.4, 0.5) is 10.9 Å². The van der Waals surface area contributed by atoms with Gasteiger partial charge in [-0.25, -0.2) is 9.61 Å². The predicted molar refractivity (Wildman–Crippen MR) is 67.5 cm³/mol. The Morgan fingerprint density at radius 2 is 2.17 bits per heavy atom. The molecule has 0 aliphatic heterocycles. The minimum Gasteiger partial charge on any atom is -0.379 e. The maximum Gasteiger partial charge on any atom is 0.283 e. The van der Waals surface area contributed by atoms with Gasteiger partial charge in [0.1, 0.15) is 0 Å². The molecule has 18 heavy (non-hydrogen) atoms. The van der Waals surface area contributed by atoms with E-state index in [-0.39, 0.29) is 16.9 Å². The Morgan fingerprint density at radius 3 is 2.67 bits per heavy atom. The summed E-state index contributed by atoms with van der Waals surface area (Å²) >= 11 is 1.35. The van der Waals surface area contributed by atoms with Crippen molar-refractivity contribution in [2.45, 2.75) is 26.2 Å². The Hall–Kier alpha value is -1.96. The number of nitrogen functional groups attached to an aromatic ring is 1. The quantitative estimate of drug-likeness (QED) is 0.856. The van der Waals surface area contributed by atoms with Crippen molar-refractivity contribution in [3.05, 3.63) is 16.8 Å². The highest BCUT2D eigenvalue weighted by molar-refractivity contribution is 7.14. The fourth-order valence-corrected chi connectivity index (χ4v) is 2.12. The fourth-order valence-electron chi connectivity index (χ4n) is 1.18. The zero-order valence-corrected chi connectivity index (χ0v) is 11.0. The van der Waals surface area contributed by atoms with Gasteiger partial charge < -0.3 is 5.73 Å². The molecular weight excluding hydrogens is 254 g/mol. The maximum absolute atomic E-state index is 11.8. The van der Waals surface area contributed by atoms with Crippen molar-refractivity contribution >= 4 is 28.2 Å². The van der Waals surface area contributed by atoms with E-state index >= 15 is 0 Å². The third-order valence-corrected chi connectivity index (χ3v) is 2.98. The molecule has 0 aromatic carbocycles. The van der Waals surface area contributed by atoms with Crippen molar-refractivity contribution in [3.63, 3.8) is 0 Å². The number of rotatable bonds is 2. The first kappa shape index (κ1) is 12.5. The lowest BCUT2D eigenvalue weighted by Crippen LogP contribution is -2.15. The number of thiazole rings is 1. The first-order valence-corrected chi connectivity index (χ1v) is 6.11. The lowest BCUT2D eigenvalue weighted by atomic mass is 9.93. The van der Waals surface area contributed by atoms with Gasteiger partial charge in [-0.15, -0.1) is 11.3 Å². The zero-order valence-electron chi connectivity index (χ0n) is 10.2. The van der Waals surface area contributed by atoms with Crippen LogP contribution in [0.3, 0.4) is 0 Å². The van der Waals surface area contributed by atoms with E-state index in [1.165, 1.54) is 11.3 Å². The molecule has 2 aromatic rings. The minimum atomic E-state index is -0.483. The molecule has 0 radical (unpaired) electrons. The van der Waals surface area contributed by atoms with E-state index in [4.69, 9.17) is 5.73 Å². The Balaban J connectivity index is 2.13. The van der Waals surface area contributed by atoms with Gasteiger partial charge in [0, 0.05) is 10.8 Å². The Morgan fingerprint density at radius 1 is 1.44 bits per heavy atom. The molecule has 1 amide bonds. The zero-order chi connectivity index (χ0) is 13.3. The van der Waals surface area contributed by atoms with Gasteiger partial charge in [0.25, 0.3) is 5.91 Å². The Labute approximate surface area is 107 Å². The number of amides is 1. The molecule has 2 aromatic heterocycles. The lowest BCUT2D eigenvalue weighted by Gasteiger charge is -2.14. The number of carbonyl (C=O) groups is 1. The van der Waals surface area contributed by atoms with Gasteiger partial charge in [0.15, 0.2) is 5.13 Å². The average molecular weight is 267 g/mol. The van der Waals surface area contributed by atoms with Crippen LogP contribution in [0.2, 0.25) is 0 Å². The lowest BCUT2D eigenvalue weighted by molar-refractivity contribution is 0.101. The number of nitrogens with one attached hydrogen (secondary N) is 1. The highest BCUT2D eigenvalue weighted by atomic mass is 32.1. The molecule has 8 heteroatoms. The number of hydrogen-bond donors (Lipinski definition) is 2. The van der Waals surface area contributed by atoms with Gasteiger partial charge in [-0.2, -0.15) is 0 Å². The summed E-state index contributed by atoms with van der Waals surface area (Å²) in [6, 6.07) is 0. The van der Waals surface area contributed by atoms with Crippen molar-refractivity contribution in [1.29, 1.82) is 0 Å². The second-order valence-corrected chi connectivity index (χ2v) is 5.60. The van der Waals surface area contributed by atoms with Crippen LogP contribution < -0.4 is 11.1 Å². The number of carbonyl (C=O) groups excluding carboxylic acids is 1. The highest BCUT2D eigenvalue weighted by Crippen LogP contribution is 2.26. The molecule has 0 saturated heterocycles. The second kappa shape index (κ2) is 4.37. The molecule has 0 aliphatic rings. The molecule has 0 aliphatic carbocycles. The normalized spacial score (nSPS) is 11.5. The number of anilines is 2. The van der Waals surface area contributed by atoms with Crippen LogP contribution >= 0.6 is 11.3 Å². The van der Waals surface area contributed by atoms with Crippen molar-refractivity contribution in [3.8, 4) is 0 Å². The molecule has 0 atom stereocenters. The van der Waals surface area contributed by atoms with Gasteiger partial charge in [-0.3, -0.25) is 10.1 Å². The third-order valence-electron chi connectivity index (χ3n) is 2.22. The van der Waals surface area contributed by atoms with Gasteiger partial charge in [0.2, 0.25) is 11.5 Å². The van der Waals surface area contributed by atoms with E-state index in [2.05, 4.69) is 25.2 Å². The topological polar surface area (TPSA) is 107 Å². The van der Waals surface area contributed by atoms with Crippen LogP contribution in [-0.2, 0) is 5.41 Å². The summed E-state index contributed by atoms with van der Waals surface area (Å²) in [6.07, 6.45) is 0. The maximum atomic E-state index is 11.8. The van der Waals surface area contributed by atoms with Crippen LogP contribution in [0.1, 0.15) is 37.0 Å². The monoisotopic (exact) mass is 267 g/mol. The predicted octanol–water partition coefficient (Wildman–Crippen LogP) is 1.66. The van der Waals surface area contributed by atoms with E-state index < -0.39 is 5.91 Å². The molecule has 7 nitrogen and oxygen atoms in total. The van der Waals surface area contributed by atoms with E-state index in [1.54, 1.807) is 0 Å². The van der Waals surface area contributed by atoms with Crippen LogP contribution in [-0.4, -0.2) is 21.2 Å². The molecule has 2 heterocycles. The summed E-state index contributed by atoms with van der Waals surface area (Å²) in [5.74, 6) is -0.524. The second-order valence-electron chi connectivity index (χ2n) is 4.74. The summed E-state index contributed by atoms with van der Waals surface area (Å²) in [4.78, 5) is 16.1. The first-order valence-electron chi connectivity index (χ1n) is 5.23. The Bertz CT molecular complexity index is 569. The van der Waals surface area contributed by atoms with E-state index in [9.17, 15) is 4.79 Å².